The third kappa shape index (κ3) is 2.62. The van der Waals surface area contributed by atoms with Gasteiger partial charge in [0, 0.05) is 12.6 Å². The zero-order chi connectivity index (χ0) is 10.9. The summed E-state index contributed by atoms with van der Waals surface area (Å²) in [5, 5.41) is 12.9. The van der Waals surface area contributed by atoms with Gasteiger partial charge in [-0.15, -0.1) is 0 Å². The lowest BCUT2D eigenvalue weighted by Gasteiger charge is -2.38. The predicted molar refractivity (Wildman–Crippen MR) is 57.6 cm³/mol. The van der Waals surface area contributed by atoms with Crippen LogP contribution in [0.25, 0.3) is 0 Å². The van der Waals surface area contributed by atoms with E-state index in [9.17, 15) is 9.90 Å². The van der Waals surface area contributed by atoms with Crippen LogP contribution in [0.3, 0.4) is 0 Å². The fraction of sp³-hybridized carbons (Fsp3) is 0.909. The molecule has 1 unspecified atom stereocenters. The Bertz CT molecular complexity index is 249. The Kier molecular flexibility index (Phi) is 2.87. The van der Waals surface area contributed by atoms with Gasteiger partial charge in [0.05, 0.1) is 12.1 Å². The summed E-state index contributed by atoms with van der Waals surface area (Å²) in [4.78, 5) is 13.5. The van der Waals surface area contributed by atoms with Crippen LogP contribution in [-0.4, -0.2) is 40.8 Å². The molecule has 2 fully saturated rings. The Morgan fingerprint density at radius 2 is 2.20 bits per heavy atom. The second-order valence-corrected chi connectivity index (χ2v) is 5.10. The number of carbonyl (C=O) groups excluding carboxylic acids is 1. The number of hydrogen-bond donors (Lipinski definition) is 2. The molecule has 15 heavy (non-hydrogen) atoms. The van der Waals surface area contributed by atoms with Gasteiger partial charge in [0.1, 0.15) is 0 Å². The van der Waals surface area contributed by atoms with Crippen molar-refractivity contribution in [3.05, 3.63) is 0 Å². The van der Waals surface area contributed by atoms with Crippen LogP contribution in [0.2, 0.25) is 0 Å². The molecule has 0 spiro atoms. The molecule has 0 radical (unpaired) electrons. The molecular formula is C11H20N2O2. The molecule has 4 nitrogen and oxygen atoms in total. The molecule has 1 atom stereocenters. The first kappa shape index (κ1) is 10.7. The van der Waals surface area contributed by atoms with Gasteiger partial charge >= 0.3 is 6.03 Å². The van der Waals surface area contributed by atoms with Gasteiger partial charge in [-0.05, 0) is 39.0 Å². The molecule has 1 heterocycles. The van der Waals surface area contributed by atoms with E-state index in [1.807, 2.05) is 0 Å². The fourth-order valence-corrected chi connectivity index (χ4v) is 2.21. The number of hydrogen-bond acceptors (Lipinski definition) is 2. The van der Waals surface area contributed by atoms with E-state index in [-0.39, 0.29) is 6.03 Å². The number of carbonyl (C=O) groups is 1. The van der Waals surface area contributed by atoms with E-state index in [1.165, 1.54) is 6.42 Å². The SMILES string of the molecule is CC1(O)CCCN(C(=O)NC2CCC2)C1. The Labute approximate surface area is 90.6 Å². The van der Waals surface area contributed by atoms with Gasteiger partial charge in [-0.25, -0.2) is 4.79 Å². The molecule has 86 valence electrons. The van der Waals surface area contributed by atoms with E-state index in [2.05, 4.69) is 5.32 Å². The van der Waals surface area contributed by atoms with Gasteiger partial charge < -0.3 is 15.3 Å². The molecule has 0 aromatic rings. The van der Waals surface area contributed by atoms with Crippen LogP contribution in [0.4, 0.5) is 4.79 Å². The van der Waals surface area contributed by atoms with Crippen molar-refractivity contribution in [2.45, 2.75) is 50.7 Å². The quantitative estimate of drug-likeness (QED) is 0.683. The maximum absolute atomic E-state index is 11.8. The lowest BCUT2D eigenvalue weighted by molar-refractivity contribution is -0.00319. The fourth-order valence-electron chi connectivity index (χ4n) is 2.21. The molecule has 2 aliphatic rings. The Balaban J connectivity index is 1.83. The van der Waals surface area contributed by atoms with Crippen molar-refractivity contribution in [3.63, 3.8) is 0 Å². The monoisotopic (exact) mass is 212 g/mol. The smallest absolute Gasteiger partial charge is 0.317 e. The molecule has 1 aliphatic heterocycles. The lowest BCUT2D eigenvalue weighted by Crippen LogP contribution is -2.54. The molecular weight excluding hydrogens is 192 g/mol. The number of likely N-dealkylation sites (tertiary alicyclic amines) is 1. The number of urea groups is 1. The Morgan fingerprint density at radius 3 is 2.73 bits per heavy atom. The minimum absolute atomic E-state index is 0.000301. The van der Waals surface area contributed by atoms with Crippen molar-refractivity contribution in [3.8, 4) is 0 Å². The highest BCUT2D eigenvalue weighted by Crippen LogP contribution is 2.22. The van der Waals surface area contributed by atoms with E-state index in [1.54, 1.807) is 11.8 Å². The Hall–Kier alpha value is -0.770. The summed E-state index contributed by atoms with van der Waals surface area (Å²) in [5.74, 6) is 0. The molecule has 0 bridgehead atoms. The van der Waals surface area contributed by atoms with Crippen molar-refractivity contribution in [1.82, 2.24) is 10.2 Å². The van der Waals surface area contributed by atoms with Gasteiger partial charge in [0.25, 0.3) is 0 Å². The highest BCUT2D eigenvalue weighted by molar-refractivity contribution is 5.74. The van der Waals surface area contributed by atoms with Crippen molar-refractivity contribution >= 4 is 6.03 Å². The molecule has 1 saturated heterocycles. The second-order valence-electron chi connectivity index (χ2n) is 5.10. The van der Waals surface area contributed by atoms with Crippen LogP contribution in [0.5, 0.6) is 0 Å². The number of aliphatic hydroxyl groups is 1. The maximum atomic E-state index is 11.8. The molecule has 1 aliphatic carbocycles. The van der Waals surface area contributed by atoms with Crippen LogP contribution < -0.4 is 5.32 Å². The highest BCUT2D eigenvalue weighted by atomic mass is 16.3. The average Bonchev–Trinajstić information content (AvgIpc) is 2.09. The Morgan fingerprint density at radius 1 is 1.47 bits per heavy atom. The number of nitrogens with one attached hydrogen (secondary N) is 1. The standard InChI is InChI=1S/C11H20N2O2/c1-11(15)6-3-7-13(8-11)10(14)12-9-4-2-5-9/h9,15H,2-8H2,1H3,(H,12,14). The van der Waals surface area contributed by atoms with Crippen molar-refractivity contribution in [2.75, 3.05) is 13.1 Å². The van der Waals surface area contributed by atoms with Crippen LogP contribution in [0.15, 0.2) is 0 Å². The van der Waals surface area contributed by atoms with Crippen LogP contribution in [-0.2, 0) is 0 Å². The van der Waals surface area contributed by atoms with Gasteiger partial charge in [0.15, 0.2) is 0 Å². The summed E-state index contributed by atoms with van der Waals surface area (Å²) in [6.45, 7) is 3.04. The van der Waals surface area contributed by atoms with E-state index in [0.717, 1.165) is 32.2 Å². The first-order valence-electron chi connectivity index (χ1n) is 5.85. The molecule has 4 heteroatoms. The third-order valence-electron chi connectivity index (χ3n) is 3.39. The van der Waals surface area contributed by atoms with E-state index in [0.29, 0.717) is 12.6 Å². The van der Waals surface area contributed by atoms with Gasteiger partial charge in [-0.2, -0.15) is 0 Å². The molecule has 0 aromatic heterocycles. The molecule has 2 rings (SSSR count). The number of piperidine rings is 1. The number of β-amino-alcohol motifs (C(OH)–C–C–N with tert-alkyl or cyclic N) is 1. The minimum Gasteiger partial charge on any atom is -0.388 e. The van der Waals surface area contributed by atoms with E-state index in [4.69, 9.17) is 0 Å². The van der Waals surface area contributed by atoms with Crippen LogP contribution >= 0.6 is 0 Å². The molecule has 1 saturated carbocycles. The molecule has 2 amide bonds. The zero-order valence-corrected chi connectivity index (χ0v) is 9.33. The van der Waals surface area contributed by atoms with E-state index < -0.39 is 5.60 Å². The maximum Gasteiger partial charge on any atom is 0.317 e. The first-order valence-corrected chi connectivity index (χ1v) is 5.85. The van der Waals surface area contributed by atoms with Crippen molar-refractivity contribution in [2.24, 2.45) is 0 Å². The topological polar surface area (TPSA) is 52.6 Å². The first-order chi connectivity index (χ1) is 7.07. The summed E-state index contributed by atoms with van der Waals surface area (Å²) in [5.41, 5.74) is -0.699. The molecule has 0 aromatic carbocycles. The second kappa shape index (κ2) is 4.00. The minimum atomic E-state index is -0.699. The summed E-state index contributed by atoms with van der Waals surface area (Å²) in [6, 6.07) is 0.379. The summed E-state index contributed by atoms with van der Waals surface area (Å²) >= 11 is 0. The lowest BCUT2D eigenvalue weighted by atomic mass is 9.93. The van der Waals surface area contributed by atoms with E-state index >= 15 is 0 Å². The number of nitrogens with zero attached hydrogens (tertiary/aromatic N) is 1. The number of rotatable bonds is 1. The van der Waals surface area contributed by atoms with Crippen LogP contribution in [0.1, 0.15) is 39.0 Å². The van der Waals surface area contributed by atoms with Gasteiger partial charge in [0.2, 0.25) is 0 Å². The zero-order valence-electron chi connectivity index (χ0n) is 9.33. The molecule has 2 N–H and O–H groups in total. The van der Waals surface area contributed by atoms with Crippen molar-refractivity contribution < 1.29 is 9.90 Å². The summed E-state index contributed by atoms with van der Waals surface area (Å²) in [7, 11) is 0. The number of amides is 2. The van der Waals surface area contributed by atoms with Crippen LogP contribution in [0, 0.1) is 0 Å². The largest absolute Gasteiger partial charge is 0.388 e. The van der Waals surface area contributed by atoms with Crippen molar-refractivity contribution in [1.29, 1.82) is 0 Å². The normalized spacial score (nSPS) is 32.3. The third-order valence-corrected chi connectivity index (χ3v) is 3.39. The summed E-state index contributed by atoms with van der Waals surface area (Å²) in [6.07, 6.45) is 5.12. The average molecular weight is 212 g/mol. The summed E-state index contributed by atoms with van der Waals surface area (Å²) < 4.78 is 0. The van der Waals surface area contributed by atoms with Gasteiger partial charge in [-0.3, -0.25) is 0 Å². The predicted octanol–water partition coefficient (Wildman–Crippen LogP) is 1.10. The highest BCUT2D eigenvalue weighted by Gasteiger charge is 2.32. The van der Waals surface area contributed by atoms with Gasteiger partial charge in [-0.1, -0.05) is 0 Å².